The van der Waals surface area contributed by atoms with Gasteiger partial charge in [0.25, 0.3) is 5.56 Å². The summed E-state index contributed by atoms with van der Waals surface area (Å²) in [6.45, 7) is 8.90. The highest BCUT2D eigenvalue weighted by molar-refractivity contribution is 6.30. The number of aromatic amines is 1. The first-order chi connectivity index (χ1) is 10.3. The number of aromatic nitrogens is 2. The van der Waals surface area contributed by atoms with Crippen molar-refractivity contribution in [1.29, 1.82) is 0 Å². The maximum absolute atomic E-state index is 13.0. The molecule has 1 saturated carbocycles. The highest BCUT2D eigenvalue weighted by Crippen LogP contribution is 2.66. The summed E-state index contributed by atoms with van der Waals surface area (Å²) in [5.74, 6) is 0.358. The molecule has 1 N–H and O–H groups in total. The fourth-order valence-corrected chi connectivity index (χ4v) is 4.81. The molecular weight excluding hydrogens is 296 g/mol. The van der Waals surface area contributed by atoms with Crippen LogP contribution in [0.2, 0.25) is 5.02 Å². The molecule has 4 rings (SSSR count). The van der Waals surface area contributed by atoms with Gasteiger partial charge in [-0.3, -0.25) is 9.89 Å². The molecule has 116 valence electrons. The molecule has 0 amide bonds. The first-order valence-corrected chi connectivity index (χ1v) is 8.27. The maximum atomic E-state index is 13.0. The summed E-state index contributed by atoms with van der Waals surface area (Å²) in [6, 6.07) is 5.67. The van der Waals surface area contributed by atoms with Crippen LogP contribution in [0.25, 0.3) is 5.69 Å². The summed E-state index contributed by atoms with van der Waals surface area (Å²) in [6.07, 6.45) is 2.25. The number of hydrogen-bond acceptors (Lipinski definition) is 1. The molecule has 1 aromatic heterocycles. The average Bonchev–Trinajstić information content (AvgIpc) is 2.96. The molecule has 2 aliphatic rings. The van der Waals surface area contributed by atoms with Crippen LogP contribution < -0.4 is 5.56 Å². The second-order valence-electron chi connectivity index (χ2n) is 7.62. The predicted octanol–water partition coefficient (Wildman–Crippen LogP) is 4.30. The van der Waals surface area contributed by atoms with Gasteiger partial charge < -0.3 is 0 Å². The van der Waals surface area contributed by atoms with Crippen LogP contribution in [0.15, 0.2) is 23.0 Å². The molecular formula is C18H21ClN2O. The zero-order chi connectivity index (χ0) is 15.9. The molecule has 0 unspecified atom stereocenters. The number of hydrogen-bond donors (Lipinski definition) is 1. The van der Waals surface area contributed by atoms with Gasteiger partial charge in [-0.05, 0) is 48.8 Å². The Labute approximate surface area is 135 Å². The molecule has 0 saturated heterocycles. The summed E-state index contributed by atoms with van der Waals surface area (Å²) >= 11 is 6.13. The minimum atomic E-state index is 0.0594. The monoisotopic (exact) mass is 316 g/mol. The number of nitrogens with zero attached hydrogens (tertiary/aromatic N) is 1. The van der Waals surface area contributed by atoms with E-state index in [0.29, 0.717) is 10.9 Å². The van der Waals surface area contributed by atoms with Crippen LogP contribution in [0.3, 0.4) is 0 Å². The predicted molar refractivity (Wildman–Crippen MR) is 89.2 cm³/mol. The van der Waals surface area contributed by atoms with Crippen LogP contribution in [0, 0.1) is 12.3 Å². The van der Waals surface area contributed by atoms with Crippen LogP contribution in [-0.4, -0.2) is 9.78 Å². The number of benzene rings is 1. The highest BCUT2D eigenvalue weighted by atomic mass is 35.5. The van der Waals surface area contributed by atoms with Gasteiger partial charge in [-0.15, -0.1) is 0 Å². The lowest BCUT2D eigenvalue weighted by molar-refractivity contribution is 0.224. The number of nitrogens with one attached hydrogen (secondary N) is 1. The van der Waals surface area contributed by atoms with Crippen molar-refractivity contribution in [2.75, 3.05) is 0 Å². The Morgan fingerprint density at radius 2 is 2.05 bits per heavy atom. The SMILES string of the molecule is Cc1ccc(Cl)cc1-n1[nH]c2c(c1=O)[C@H]1CC[C@]2(C)C1(C)C. The van der Waals surface area contributed by atoms with Crippen LogP contribution in [0.4, 0.5) is 0 Å². The third-order valence-corrected chi connectivity index (χ3v) is 6.70. The number of rotatable bonds is 1. The quantitative estimate of drug-likeness (QED) is 0.836. The largest absolute Gasteiger partial charge is 0.294 e. The molecule has 0 radical (unpaired) electrons. The van der Waals surface area contributed by atoms with Crippen molar-refractivity contribution < 1.29 is 0 Å². The second kappa shape index (κ2) is 4.08. The minimum Gasteiger partial charge on any atom is -0.294 e. The molecule has 1 fully saturated rings. The number of H-pyrrole nitrogens is 1. The number of halogens is 1. The lowest BCUT2D eigenvalue weighted by Crippen LogP contribution is -2.33. The Balaban J connectivity index is 1.98. The van der Waals surface area contributed by atoms with Crippen LogP contribution in [0.5, 0.6) is 0 Å². The van der Waals surface area contributed by atoms with Crippen molar-refractivity contribution in [3.8, 4) is 5.69 Å². The molecule has 1 heterocycles. The zero-order valence-electron chi connectivity index (χ0n) is 13.5. The van der Waals surface area contributed by atoms with Crippen molar-refractivity contribution in [2.45, 2.75) is 51.9 Å². The maximum Gasteiger partial charge on any atom is 0.275 e. The van der Waals surface area contributed by atoms with E-state index in [1.807, 2.05) is 25.1 Å². The first kappa shape index (κ1) is 14.1. The molecule has 2 bridgehead atoms. The van der Waals surface area contributed by atoms with E-state index in [9.17, 15) is 4.79 Å². The van der Waals surface area contributed by atoms with Crippen molar-refractivity contribution in [3.63, 3.8) is 0 Å². The fraction of sp³-hybridized carbons (Fsp3) is 0.500. The van der Waals surface area contributed by atoms with E-state index in [-0.39, 0.29) is 16.4 Å². The van der Waals surface area contributed by atoms with E-state index in [1.54, 1.807) is 4.68 Å². The number of fused-ring (bicyclic) bond motifs is 5. The van der Waals surface area contributed by atoms with Crippen molar-refractivity contribution in [2.24, 2.45) is 5.41 Å². The molecule has 1 aromatic carbocycles. The van der Waals surface area contributed by atoms with E-state index in [0.717, 1.165) is 35.3 Å². The molecule has 22 heavy (non-hydrogen) atoms. The average molecular weight is 317 g/mol. The van der Waals surface area contributed by atoms with Crippen LogP contribution in [0.1, 0.15) is 56.4 Å². The third kappa shape index (κ3) is 1.45. The standard InChI is InChI=1S/C18H21ClN2O/c1-10-5-6-11(19)9-13(10)21-16(22)14-12-7-8-18(4,15(14)20-21)17(12,2)3/h5-6,9,12,20H,7-8H2,1-4H3/t12-,18+/m1/s1. The first-order valence-electron chi connectivity index (χ1n) is 7.89. The van der Waals surface area contributed by atoms with Gasteiger partial charge in [-0.1, -0.05) is 38.4 Å². The Hall–Kier alpha value is -1.48. The van der Waals surface area contributed by atoms with Gasteiger partial charge in [0.2, 0.25) is 0 Å². The zero-order valence-corrected chi connectivity index (χ0v) is 14.2. The van der Waals surface area contributed by atoms with Crippen LogP contribution in [-0.2, 0) is 5.41 Å². The molecule has 3 nitrogen and oxygen atoms in total. The van der Waals surface area contributed by atoms with Crippen LogP contribution >= 0.6 is 11.6 Å². The second-order valence-corrected chi connectivity index (χ2v) is 8.05. The van der Waals surface area contributed by atoms with Crippen molar-refractivity contribution >= 4 is 11.6 Å². The van der Waals surface area contributed by atoms with Gasteiger partial charge in [0.1, 0.15) is 0 Å². The molecule has 2 aromatic rings. The summed E-state index contributed by atoms with van der Waals surface area (Å²) in [5, 5.41) is 4.07. The lowest BCUT2D eigenvalue weighted by Gasteiger charge is -2.34. The highest BCUT2D eigenvalue weighted by Gasteiger charge is 2.61. The normalized spacial score (nSPS) is 28.1. The Bertz CT molecular complexity index is 845. The lowest BCUT2D eigenvalue weighted by atomic mass is 9.70. The summed E-state index contributed by atoms with van der Waals surface area (Å²) in [4.78, 5) is 13.0. The van der Waals surface area contributed by atoms with Gasteiger partial charge in [0.15, 0.2) is 0 Å². The van der Waals surface area contributed by atoms with Gasteiger partial charge >= 0.3 is 0 Å². The summed E-state index contributed by atoms with van der Waals surface area (Å²) in [7, 11) is 0. The van der Waals surface area contributed by atoms with Gasteiger partial charge in [0.05, 0.1) is 5.69 Å². The van der Waals surface area contributed by atoms with Crippen molar-refractivity contribution in [3.05, 3.63) is 50.4 Å². The van der Waals surface area contributed by atoms with E-state index >= 15 is 0 Å². The van der Waals surface area contributed by atoms with E-state index in [4.69, 9.17) is 11.6 Å². The summed E-state index contributed by atoms with van der Waals surface area (Å²) < 4.78 is 1.69. The Morgan fingerprint density at radius 3 is 2.73 bits per heavy atom. The van der Waals surface area contributed by atoms with Gasteiger partial charge in [-0.25, -0.2) is 4.68 Å². The van der Waals surface area contributed by atoms with Gasteiger partial charge in [0, 0.05) is 21.7 Å². The van der Waals surface area contributed by atoms with E-state index in [2.05, 4.69) is 25.9 Å². The Morgan fingerprint density at radius 1 is 1.32 bits per heavy atom. The number of aryl methyl sites for hydroxylation is 1. The molecule has 0 spiro atoms. The molecule has 2 aliphatic carbocycles. The fourth-order valence-electron chi connectivity index (χ4n) is 4.64. The van der Waals surface area contributed by atoms with Crippen molar-refractivity contribution in [1.82, 2.24) is 9.78 Å². The third-order valence-electron chi connectivity index (χ3n) is 6.47. The Kier molecular flexibility index (Phi) is 2.62. The summed E-state index contributed by atoms with van der Waals surface area (Å²) in [5.41, 5.74) is 4.34. The molecule has 4 heteroatoms. The van der Waals surface area contributed by atoms with E-state index in [1.165, 1.54) is 0 Å². The topological polar surface area (TPSA) is 37.8 Å². The molecule has 0 aliphatic heterocycles. The van der Waals surface area contributed by atoms with Gasteiger partial charge in [-0.2, -0.15) is 0 Å². The molecule has 2 atom stereocenters. The van der Waals surface area contributed by atoms with E-state index < -0.39 is 0 Å². The smallest absolute Gasteiger partial charge is 0.275 e. The minimum absolute atomic E-state index is 0.0594.